The van der Waals surface area contributed by atoms with Crippen LogP contribution in [0.1, 0.15) is 10.4 Å². The summed E-state index contributed by atoms with van der Waals surface area (Å²) in [6, 6.07) is 3.25. The molecule has 17 heavy (non-hydrogen) atoms. The molecule has 0 bridgehead atoms. The van der Waals surface area contributed by atoms with Gasteiger partial charge >= 0.3 is 5.97 Å². The number of pyridine rings is 1. The number of likely N-dealkylation sites (N-methyl/N-ethyl adjacent to an activating group) is 1. The molecule has 0 saturated carbocycles. The summed E-state index contributed by atoms with van der Waals surface area (Å²) >= 11 is 4.97. The van der Waals surface area contributed by atoms with Gasteiger partial charge in [-0.05, 0) is 12.1 Å². The van der Waals surface area contributed by atoms with Crippen LogP contribution in [-0.2, 0) is 9.53 Å². The number of ether oxygens (including phenoxy) is 1. The molecule has 0 saturated heterocycles. The van der Waals surface area contributed by atoms with E-state index in [0.29, 0.717) is 10.2 Å². The fourth-order valence-corrected chi connectivity index (χ4v) is 1.42. The van der Waals surface area contributed by atoms with Gasteiger partial charge in [0, 0.05) is 13.2 Å². The number of carbonyl (C=O) groups excluding carboxylic acids is 2. The number of nitrogens with two attached hydrogens (primary N) is 1. The Kier molecular flexibility index (Phi) is 4.80. The first-order chi connectivity index (χ1) is 8.06. The smallest absolute Gasteiger partial charge is 0.326 e. The predicted octanol–water partition coefficient (Wildman–Crippen LogP) is 0.276. The highest BCUT2D eigenvalue weighted by molar-refractivity contribution is 7.71. The van der Waals surface area contributed by atoms with Crippen molar-refractivity contribution >= 4 is 24.1 Å². The van der Waals surface area contributed by atoms with Gasteiger partial charge in [-0.15, -0.1) is 0 Å². The Hall–Kier alpha value is -1.73. The quantitative estimate of drug-likeness (QED) is 0.458. The number of aromatic nitrogens is 1. The van der Waals surface area contributed by atoms with E-state index in [2.05, 4.69) is 9.72 Å². The minimum atomic E-state index is -0.561. The van der Waals surface area contributed by atoms with E-state index in [9.17, 15) is 9.59 Å². The molecule has 7 heteroatoms. The van der Waals surface area contributed by atoms with E-state index in [1.54, 1.807) is 18.3 Å². The third-order valence-electron chi connectivity index (χ3n) is 2.01. The monoisotopic (exact) mass is 255 g/mol. The highest BCUT2D eigenvalue weighted by atomic mass is 32.1. The van der Waals surface area contributed by atoms with Gasteiger partial charge in [0.25, 0.3) is 5.91 Å². The number of hydrogen-bond acceptors (Lipinski definition) is 5. The molecule has 0 aliphatic rings. The molecule has 1 aromatic heterocycles. The van der Waals surface area contributed by atoms with E-state index < -0.39 is 5.97 Å². The molecule has 0 aliphatic carbocycles. The van der Waals surface area contributed by atoms with Gasteiger partial charge in [-0.1, -0.05) is 12.2 Å². The van der Waals surface area contributed by atoms with E-state index in [4.69, 9.17) is 18.0 Å². The maximum Gasteiger partial charge on any atom is 0.326 e. The lowest BCUT2D eigenvalue weighted by molar-refractivity contribution is -0.143. The van der Waals surface area contributed by atoms with Crippen LogP contribution in [-0.4, -0.2) is 42.1 Å². The highest BCUT2D eigenvalue weighted by Crippen LogP contribution is 2.03. The van der Waals surface area contributed by atoms with Gasteiger partial charge < -0.3 is 14.6 Å². The molecule has 6 nitrogen and oxygen atoms in total. The van der Waals surface area contributed by atoms with E-state index in [1.807, 2.05) is 0 Å². The summed E-state index contributed by atoms with van der Waals surface area (Å²) in [5.74, 6) is -0.907. The van der Waals surface area contributed by atoms with Crippen LogP contribution in [0.5, 0.6) is 0 Å². The molecule has 0 unspecified atom stereocenters. The third kappa shape index (κ3) is 3.65. The predicted molar refractivity (Wildman–Crippen MR) is 63.7 cm³/mol. The Morgan fingerprint density at radius 1 is 1.59 bits per heavy atom. The van der Waals surface area contributed by atoms with Gasteiger partial charge in [0.2, 0.25) is 0 Å². The van der Waals surface area contributed by atoms with Crippen molar-refractivity contribution in [3.8, 4) is 0 Å². The van der Waals surface area contributed by atoms with E-state index >= 15 is 0 Å². The molecule has 1 aromatic rings. The highest BCUT2D eigenvalue weighted by Gasteiger charge is 2.16. The van der Waals surface area contributed by atoms with Crippen LogP contribution < -0.4 is 5.73 Å². The molecule has 1 amide bonds. The van der Waals surface area contributed by atoms with Crippen molar-refractivity contribution in [1.29, 1.82) is 0 Å². The molecule has 0 atom stereocenters. The number of rotatable bonds is 4. The van der Waals surface area contributed by atoms with E-state index in [-0.39, 0.29) is 19.2 Å². The summed E-state index contributed by atoms with van der Waals surface area (Å²) in [7, 11) is 1.49. The van der Waals surface area contributed by atoms with Crippen LogP contribution >= 0.6 is 12.2 Å². The van der Waals surface area contributed by atoms with Crippen molar-refractivity contribution in [2.24, 2.45) is 5.73 Å². The lowest BCUT2D eigenvalue weighted by atomic mass is 10.2. The Morgan fingerprint density at radius 2 is 2.29 bits per heavy atom. The Bertz CT molecular complexity index is 472. The van der Waals surface area contributed by atoms with Gasteiger partial charge in [0.05, 0.1) is 5.56 Å². The standard InChI is InChI=1S/C10H13N3O3S/c1-13(5-8(14)16-6-11)10(15)7-3-2-4-12-9(7)17/h2-4H,5-6,11H2,1H3,(H,12,17). The zero-order valence-corrected chi connectivity index (χ0v) is 10.1. The summed E-state index contributed by atoms with van der Waals surface area (Å²) in [5, 5.41) is 0. The summed E-state index contributed by atoms with van der Waals surface area (Å²) in [6.45, 7) is -0.369. The van der Waals surface area contributed by atoms with Crippen molar-refractivity contribution in [3.05, 3.63) is 28.5 Å². The maximum atomic E-state index is 11.9. The maximum absolute atomic E-state index is 11.9. The molecule has 0 spiro atoms. The largest absolute Gasteiger partial charge is 0.449 e. The number of nitrogens with zero attached hydrogens (tertiary/aromatic N) is 1. The van der Waals surface area contributed by atoms with E-state index in [1.165, 1.54) is 11.9 Å². The van der Waals surface area contributed by atoms with Crippen molar-refractivity contribution in [2.45, 2.75) is 0 Å². The van der Waals surface area contributed by atoms with Crippen LogP contribution in [0.2, 0.25) is 0 Å². The average Bonchev–Trinajstić information content (AvgIpc) is 2.29. The van der Waals surface area contributed by atoms with Gasteiger partial charge in [0.15, 0.2) is 0 Å². The molecular formula is C10H13N3O3S. The lowest BCUT2D eigenvalue weighted by Gasteiger charge is -2.15. The Labute approximate surface area is 103 Å². The van der Waals surface area contributed by atoms with Crippen LogP contribution in [0, 0.1) is 4.64 Å². The number of hydrogen-bond donors (Lipinski definition) is 2. The second-order valence-electron chi connectivity index (χ2n) is 3.26. The minimum absolute atomic E-state index is 0.167. The molecule has 92 valence electrons. The van der Waals surface area contributed by atoms with Crippen LogP contribution in [0.4, 0.5) is 0 Å². The number of nitrogens with one attached hydrogen (secondary N) is 1. The number of H-pyrrole nitrogens is 1. The number of esters is 1. The van der Waals surface area contributed by atoms with Gasteiger partial charge in [-0.2, -0.15) is 0 Å². The Morgan fingerprint density at radius 3 is 2.88 bits per heavy atom. The fraction of sp³-hybridized carbons (Fsp3) is 0.300. The normalized spacial score (nSPS) is 9.76. The second-order valence-corrected chi connectivity index (χ2v) is 3.67. The first kappa shape index (κ1) is 13.3. The van der Waals surface area contributed by atoms with Crippen LogP contribution in [0.3, 0.4) is 0 Å². The molecule has 0 fully saturated rings. The van der Waals surface area contributed by atoms with E-state index in [0.717, 1.165) is 0 Å². The Balaban J connectivity index is 2.74. The molecule has 1 heterocycles. The third-order valence-corrected chi connectivity index (χ3v) is 2.34. The van der Waals surface area contributed by atoms with Crippen molar-refractivity contribution in [1.82, 2.24) is 9.88 Å². The fourth-order valence-electron chi connectivity index (χ4n) is 1.20. The molecule has 0 radical (unpaired) electrons. The number of carbonyl (C=O) groups is 2. The number of aromatic amines is 1. The summed E-state index contributed by atoms with van der Waals surface area (Å²) < 4.78 is 4.87. The average molecular weight is 255 g/mol. The molecule has 0 aromatic carbocycles. The molecule has 0 aliphatic heterocycles. The minimum Gasteiger partial charge on any atom is -0.449 e. The summed E-state index contributed by atoms with van der Waals surface area (Å²) in [5.41, 5.74) is 5.39. The zero-order chi connectivity index (χ0) is 12.8. The zero-order valence-electron chi connectivity index (χ0n) is 9.30. The topological polar surface area (TPSA) is 88.4 Å². The molecule has 3 N–H and O–H groups in total. The first-order valence-corrected chi connectivity index (χ1v) is 5.26. The summed E-state index contributed by atoms with van der Waals surface area (Å²) in [6.07, 6.45) is 1.63. The van der Waals surface area contributed by atoms with Gasteiger partial charge in [-0.25, -0.2) is 0 Å². The lowest BCUT2D eigenvalue weighted by Crippen LogP contribution is -2.34. The first-order valence-electron chi connectivity index (χ1n) is 4.85. The molecular weight excluding hydrogens is 242 g/mol. The van der Waals surface area contributed by atoms with Crippen molar-refractivity contribution < 1.29 is 14.3 Å². The van der Waals surface area contributed by atoms with Crippen LogP contribution in [0.25, 0.3) is 0 Å². The van der Waals surface area contributed by atoms with Gasteiger partial charge in [-0.3, -0.25) is 15.3 Å². The second kappa shape index (κ2) is 6.12. The summed E-state index contributed by atoms with van der Waals surface area (Å²) in [4.78, 5) is 27.0. The van der Waals surface area contributed by atoms with Crippen molar-refractivity contribution in [2.75, 3.05) is 20.3 Å². The van der Waals surface area contributed by atoms with Crippen molar-refractivity contribution in [3.63, 3.8) is 0 Å². The van der Waals surface area contributed by atoms with Gasteiger partial charge in [0.1, 0.15) is 17.9 Å². The molecule has 1 rings (SSSR count). The van der Waals surface area contributed by atoms with Crippen LogP contribution in [0.15, 0.2) is 18.3 Å². The SMILES string of the molecule is CN(CC(=O)OCN)C(=O)c1ccc[nH]c1=S. The number of amides is 1.